The molecule has 0 aromatic carbocycles. The molecule has 37 heavy (non-hydrogen) atoms. The first-order valence-electron chi connectivity index (χ1n) is 10.2. The summed E-state index contributed by atoms with van der Waals surface area (Å²) in [6, 6.07) is 0.192. The smallest absolute Gasteiger partial charge is 0.352 e. The normalized spacial score (nSPS) is 19.2. The summed E-state index contributed by atoms with van der Waals surface area (Å²) in [6.07, 6.45) is 0.328. The number of nitrogens with zero attached hydrogens (tertiary/aromatic N) is 8. The topological polar surface area (TPSA) is 207 Å². The summed E-state index contributed by atoms with van der Waals surface area (Å²) in [5.74, 6) is -2.31. The number of aromatic nitrogens is 6. The molecule has 1 fully saturated rings. The number of rotatable bonds is 10. The lowest BCUT2D eigenvalue weighted by Gasteiger charge is -2.49. The minimum atomic E-state index is -1.26. The van der Waals surface area contributed by atoms with E-state index < -0.39 is 29.2 Å². The number of halogens is 1. The molecule has 4 rings (SSSR count). The molecule has 2 aromatic rings. The maximum absolute atomic E-state index is 13.0. The van der Waals surface area contributed by atoms with Crippen molar-refractivity contribution in [2.45, 2.75) is 16.6 Å². The molecule has 0 radical (unpaired) electrons. The molecule has 2 aliphatic heterocycles. The number of anilines is 1. The lowest BCUT2D eigenvalue weighted by atomic mass is 10.0. The Kier molecular flexibility index (Phi) is 7.89. The molecule has 194 valence electrons. The number of hydrogen-bond acceptors (Lipinski definition) is 13. The number of aryl methyl sites for hydroxylation is 1. The standard InChI is InChI=1S/C18H17ClN10O6S2/c1-28-18(24-26-27-28)37-5-7-4-36-15-11(14(32)29(15)12(7)16(33)34)23-13(31)10(25-35-2)8-3-9(19)22-17(21-8)20-6-30/h3,6,11,15H,4-5H2,1-2H3,(H,23,31)(H,33,34)(H,20,21,22,30)/t11?,15-/m1/s1. The first-order chi connectivity index (χ1) is 17.7. The number of nitrogens with one attached hydrogen (secondary N) is 2. The molecule has 1 unspecified atom stereocenters. The number of hydrogen-bond donors (Lipinski definition) is 3. The maximum atomic E-state index is 13.0. The van der Waals surface area contributed by atoms with Gasteiger partial charge in [-0.2, -0.15) is 0 Å². The van der Waals surface area contributed by atoms with Crippen LogP contribution in [0.5, 0.6) is 0 Å². The third kappa shape index (κ3) is 5.35. The van der Waals surface area contributed by atoms with E-state index in [4.69, 9.17) is 16.4 Å². The number of aliphatic carboxylic acids is 1. The van der Waals surface area contributed by atoms with Gasteiger partial charge in [0.1, 0.15) is 35.1 Å². The molecule has 0 bridgehead atoms. The molecule has 19 heteroatoms. The fourth-order valence-corrected chi connectivity index (χ4v) is 5.97. The number of carboxylic acids is 1. The van der Waals surface area contributed by atoms with Crippen LogP contribution in [-0.2, 0) is 31.1 Å². The van der Waals surface area contributed by atoms with Crippen LogP contribution in [0.15, 0.2) is 27.6 Å². The zero-order chi connectivity index (χ0) is 26.7. The van der Waals surface area contributed by atoms with Crippen molar-refractivity contribution in [1.29, 1.82) is 0 Å². The van der Waals surface area contributed by atoms with Crippen molar-refractivity contribution in [1.82, 2.24) is 40.4 Å². The van der Waals surface area contributed by atoms with Crippen LogP contribution >= 0.6 is 35.1 Å². The van der Waals surface area contributed by atoms with Crippen LogP contribution in [0.3, 0.4) is 0 Å². The Bertz CT molecular complexity index is 1330. The highest BCUT2D eigenvalue weighted by molar-refractivity contribution is 8.01. The zero-order valence-corrected chi connectivity index (χ0v) is 21.4. The van der Waals surface area contributed by atoms with E-state index in [1.807, 2.05) is 0 Å². The maximum Gasteiger partial charge on any atom is 0.352 e. The Balaban J connectivity index is 1.52. The number of carboxylic acid groups (broad SMARTS) is 1. The van der Waals surface area contributed by atoms with E-state index in [0.717, 1.165) is 4.90 Å². The molecule has 1 saturated heterocycles. The average molecular weight is 569 g/mol. The summed E-state index contributed by atoms with van der Waals surface area (Å²) in [7, 11) is 2.86. The summed E-state index contributed by atoms with van der Waals surface area (Å²) in [5, 5.41) is 29.2. The highest BCUT2D eigenvalue weighted by Crippen LogP contribution is 2.41. The zero-order valence-electron chi connectivity index (χ0n) is 19.0. The van der Waals surface area contributed by atoms with Crippen molar-refractivity contribution >= 4 is 71.0 Å². The van der Waals surface area contributed by atoms with E-state index in [-0.39, 0.29) is 34.0 Å². The molecule has 0 aliphatic carbocycles. The molecular formula is C18H17ClN10O6S2. The van der Waals surface area contributed by atoms with Crippen LogP contribution in [0.1, 0.15) is 5.69 Å². The van der Waals surface area contributed by atoms with Gasteiger partial charge in [-0.25, -0.2) is 19.4 Å². The predicted octanol–water partition coefficient (Wildman–Crippen LogP) is -0.897. The fourth-order valence-electron chi connectivity index (χ4n) is 3.45. The minimum absolute atomic E-state index is 0.0766. The average Bonchev–Trinajstić information content (AvgIpc) is 3.27. The second kappa shape index (κ2) is 11.1. The predicted molar refractivity (Wildman–Crippen MR) is 129 cm³/mol. The van der Waals surface area contributed by atoms with Crippen LogP contribution in [0.25, 0.3) is 0 Å². The van der Waals surface area contributed by atoms with Crippen molar-refractivity contribution in [2.75, 3.05) is 23.9 Å². The van der Waals surface area contributed by atoms with Crippen LogP contribution in [0, 0.1) is 0 Å². The lowest BCUT2D eigenvalue weighted by Crippen LogP contribution is -2.71. The Hall–Kier alpha value is -3.77. The van der Waals surface area contributed by atoms with Gasteiger partial charge in [0.25, 0.3) is 11.8 Å². The van der Waals surface area contributed by atoms with E-state index in [1.54, 1.807) is 7.05 Å². The van der Waals surface area contributed by atoms with Gasteiger partial charge in [-0.1, -0.05) is 28.5 Å². The van der Waals surface area contributed by atoms with Crippen molar-refractivity contribution < 1.29 is 29.1 Å². The molecule has 0 spiro atoms. The Labute approximate surface area is 221 Å². The number of carbonyl (C=O) groups excluding carboxylic acids is 3. The van der Waals surface area contributed by atoms with Crippen molar-refractivity contribution in [3.63, 3.8) is 0 Å². The van der Waals surface area contributed by atoms with Gasteiger partial charge in [0.2, 0.25) is 17.5 Å². The Morgan fingerprint density at radius 3 is 2.86 bits per heavy atom. The van der Waals surface area contributed by atoms with Gasteiger partial charge in [-0.05, 0) is 16.0 Å². The number of β-lactam (4-membered cyclic amide) rings is 1. The van der Waals surface area contributed by atoms with Crippen molar-refractivity contribution in [2.24, 2.45) is 12.2 Å². The number of thioether (sulfide) groups is 2. The highest BCUT2D eigenvalue weighted by Gasteiger charge is 2.54. The van der Waals surface area contributed by atoms with Crippen LogP contribution < -0.4 is 10.6 Å². The van der Waals surface area contributed by atoms with Gasteiger partial charge in [0, 0.05) is 24.6 Å². The van der Waals surface area contributed by atoms with E-state index in [2.05, 4.69) is 41.3 Å². The van der Waals surface area contributed by atoms with Crippen molar-refractivity contribution in [3.8, 4) is 0 Å². The summed E-state index contributed by atoms with van der Waals surface area (Å²) in [5.41, 5.74) is -0.0318. The van der Waals surface area contributed by atoms with E-state index in [9.17, 15) is 24.3 Å². The van der Waals surface area contributed by atoms with E-state index in [0.29, 0.717) is 22.9 Å². The van der Waals surface area contributed by atoms with Gasteiger partial charge in [-0.15, -0.1) is 16.9 Å². The first kappa shape index (κ1) is 26.3. The molecule has 2 aliphatic rings. The second-order valence-corrected chi connectivity index (χ2v) is 9.71. The van der Waals surface area contributed by atoms with Gasteiger partial charge in [0.15, 0.2) is 5.71 Å². The van der Waals surface area contributed by atoms with E-state index >= 15 is 0 Å². The summed E-state index contributed by atoms with van der Waals surface area (Å²) >= 11 is 8.49. The third-order valence-corrected chi connectivity index (χ3v) is 7.65. The molecule has 3 amide bonds. The summed E-state index contributed by atoms with van der Waals surface area (Å²) in [4.78, 5) is 62.5. The summed E-state index contributed by atoms with van der Waals surface area (Å²) in [6.45, 7) is 0. The number of tetrazole rings is 1. The van der Waals surface area contributed by atoms with Gasteiger partial charge in [0.05, 0.1) is 0 Å². The monoisotopic (exact) mass is 568 g/mol. The minimum Gasteiger partial charge on any atom is -0.477 e. The SMILES string of the molecule is CON=C(C(=O)NC1C(=O)N2C(C(=O)O)=C(CSc3nnnn3C)CS[C@H]12)c1cc(Cl)nc(NC=O)n1. The van der Waals surface area contributed by atoms with Crippen LogP contribution in [0.4, 0.5) is 5.95 Å². The van der Waals surface area contributed by atoms with Gasteiger partial charge in [-0.3, -0.25) is 24.6 Å². The number of fused-ring (bicyclic) bond motifs is 1. The number of oxime groups is 1. The molecule has 3 N–H and O–H groups in total. The molecule has 2 aromatic heterocycles. The first-order valence-corrected chi connectivity index (χ1v) is 12.6. The molecule has 4 heterocycles. The second-order valence-electron chi connectivity index (χ2n) is 7.28. The summed E-state index contributed by atoms with van der Waals surface area (Å²) < 4.78 is 1.45. The molecule has 16 nitrogen and oxygen atoms in total. The Morgan fingerprint density at radius 2 is 2.22 bits per heavy atom. The molecule has 2 atom stereocenters. The van der Waals surface area contributed by atoms with Crippen LogP contribution in [-0.4, -0.2) is 100 Å². The quantitative estimate of drug-likeness (QED) is 0.0794. The van der Waals surface area contributed by atoms with Crippen molar-refractivity contribution in [3.05, 3.63) is 28.2 Å². The molecular weight excluding hydrogens is 552 g/mol. The largest absolute Gasteiger partial charge is 0.477 e. The number of amides is 3. The molecule has 0 saturated carbocycles. The fraction of sp³-hybridized carbons (Fsp3) is 0.333. The van der Waals surface area contributed by atoms with E-state index in [1.165, 1.54) is 41.4 Å². The van der Waals surface area contributed by atoms with Crippen LogP contribution in [0.2, 0.25) is 5.15 Å². The number of carbonyl (C=O) groups is 4. The van der Waals surface area contributed by atoms with Gasteiger partial charge >= 0.3 is 5.97 Å². The lowest BCUT2D eigenvalue weighted by molar-refractivity contribution is -0.150. The third-order valence-electron chi connectivity index (χ3n) is 5.02. The highest BCUT2D eigenvalue weighted by atomic mass is 35.5. The Morgan fingerprint density at radius 1 is 1.43 bits per heavy atom. The van der Waals surface area contributed by atoms with Gasteiger partial charge < -0.3 is 15.3 Å².